The highest BCUT2D eigenvalue weighted by atomic mass is 16.5. The Morgan fingerprint density at radius 3 is 2.19 bits per heavy atom. The third-order valence-corrected chi connectivity index (χ3v) is 7.25. The number of ketones is 1. The number of carbonyl (C=O) groups excluding carboxylic acids is 2. The van der Waals surface area contributed by atoms with Crippen molar-refractivity contribution in [3.05, 3.63) is 130 Å². The first-order valence-electron chi connectivity index (χ1n) is 12.6. The predicted octanol–water partition coefficient (Wildman–Crippen LogP) is 6.35. The molecular weight excluding hydrogens is 446 g/mol. The standard InChI is InChI=1S/C32H31NO3/c1-3-22-14-16-25(17-15-22)30-29(32(35)36-20-23-10-6-4-7-11-23)21(2)33-27-18-26(19-28(34)31(27)30)24-12-8-5-9-13-24/h4-17,26,30,33H,3,18-20H2,1-2H3/t26-,30+/m0/s1. The molecule has 0 fully saturated rings. The fraction of sp³-hybridized carbons (Fsp3) is 0.250. The zero-order valence-corrected chi connectivity index (χ0v) is 20.8. The number of carbonyl (C=O) groups is 2. The number of hydrogen-bond acceptors (Lipinski definition) is 4. The van der Waals surface area contributed by atoms with Crippen LogP contribution < -0.4 is 5.32 Å². The molecule has 5 rings (SSSR count). The Bertz CT molecular complexity index is 1320. The van der Waals surface area contributed by atoms with Gasteiger partial charge in [-0.1, -0.05) is 91.9 Å². The number of benzene rings is 3. The van der Waals surface area contributed by atoms with E-state index in [0.717, 1.165) is 40.9 Å². The second-order valence-corrected chi connectivity index (χ2v) is 9.58. The van der Waals surface area contributed by atoms with Crippen LogP contribution in [0.3, 0.4) is 0 Å². The number of ether oxygens (including phenoxy) is 1. The van der Waals surface area contributed by atoms with Crippen LogP contribution in [-0.4, -0.2) is 11.8 Å². The second-order valence-electron chi connectivity index (χ2n) is 9.58. The lowest BCUT2D eigenvalue weighted by molar-refractivity contribution is -0.140. The molecule has 0 aromatic heterocycles. The smallest absolute Gasteiger partial charge is 0.337 e. The molecule has 1 N–H and O–H groups in total. The molecule has 0 unspecified atom stereocenters. The number of rotatable bonds is 6. The van der Waals surface area contributed by atoms with E-state index in [2.05, 4.69) is 36.5 Å². The first kappa shape index (κ1) is 23.8. The summed E-state index contributed by atoms with van der Waals surface area (Å²) in [6.45, 7) is 4.21. The lowest BCUT2D eigenvalue weighted by Crippen LogP contribution is -2.36. The lowest BCUT2D eigenvalue weighted by Gasteiger charge is -2.36. The maximum atomic E-state index is 13.7. The Labute approximate surface area is 212 Å². The van der Waals surface area contributed by atoms with Gasteiger partial charge in [-0.2, -0.15) is 0 Å². The minimum absolute atomic E-state index is 0.0861. The molecule has 0 radical (unpaired) electrons. The summed E-state index contributed by atoms with van der Waals surface area (Å²) in [5, 5.41) is 3.44. The SMILES string of the molecule is CCc1ccc([C@@H]2C(C(=O)OCc3ccccc3)=C(C)NC3=C2C(=O)C[C@@H](c2ccccc2)C3)cc1. The first-order chi connectivity index (χ1) is 17.5. The van der Waals surface area contributed by atoms with Gasteiger partial charge in [0.2, 0.25) is 0 Å². The van der Waals surface area contributed by atoms with Crippen LogP contribution in [0.1, 0.15) is 60.8 Å². The fourth-order valence-corrected chi connectivity index (χ4v) is 5.35. The normalized spacial score (nSPS) is 19.6. The number of hydrogen-bond donors (Lipinski definition) is 1. The monoisotopic (exact) mass is 477 g/mol. The van der Waals surface area contributed by atoms with Gasteiger partial charge in [0.05, 0.1) is 5.57 Å². The molecule has 182 valence electrons. The molecule has 0 spiro atoms. The lowest BCUT2D eigenvalue weighted by atomic mass is 9.71. The number of nitrogens with one attached hydrogen (secondary N) is 1. The van der Waals surface area contributed by atoms with Gasteiger partial charge in [0.1, 0.15) is 6.61 Å². The molecule has 4 heteroatoms. The van der Waals surface area contributed by atoms with Crippen molar-refractivity contribution < 1.29 is 14.3 Å². The highest BCUT2D eigenvalue weighted by Gasteiger charge is 2.41. The van der Waals surface area contributed by atoms with Crippen molar-refractivity contribution in [1.82, 2.24) is 5.32 Å². The number of allylic oxidation sites excluding steroid dienone is 3. The van der Waals surface area contributed by atoms with Gasteiger partial charge in [0.15, 0.2) is 5.78 Å². The Kier molecular flexibility index (Phi) is 6.86. The van der Waals surface area contributed by atoms with E-state index in [1.807, 2.05) is 67.6 Å². The Morgan fingerprint density at radius 1 is 0.861 bits per heavy atom. The molecule has 1 heterocycles. The van der Waals surface area contributed by atoms with Crippen molar-refractivity contribution in [3.8, 4) is 0 Å². The summed E-state index contributed by atoms with van der Waals surface area (Å²) in [6, 6.07) is 28.1. The van der Waals surface area contributed by atoms with Crippen LogP contribution in [0, 0.1) is 0 Å². The van der Waals surface area contributed by atoms with E-state index in [0.29, 0.717) is 17.6 Å². The first-order valence-corrected chi connectivity index (χ1v) is 12.6. The average molecular weight is 478 g/mol. The molecule has 0 saturated heterocycles. The van der Waals surface area contributed by atoms with Crippen LogP contribution in [0.25, 0.3) is 0 Å². The van der Waals surface area contributed by atoms with E-state index in [4.69, 9.17) is 4.74 Å². The van der Waals surface area contributed by atoms with Crippen LogP contribution in [0.5, 0.6) is 0 Å². The second kappa shape index (κ2) is 10.4. The van der Waals surface area contributed by atoms with E-state index in [-0.39, 0.29) is 18.3 Å². The predicted molar refractivity (Wildman–Crippen MR) is 141 cm³/mol. The average Bonchev–Trinajstić information content (AvgIpc) is 2.92. The molecule has 3 aromatic rings. The van der Waals surface area contributed by atoms with Crippen LogP contribution in [0.4, 0.5) is 0 Å². The molecule has 4 nitrogen and oxygen atoms in total. The molecular formula is C32H31NO3. The van der Waals surface area contributed by atoms with Gasteiger partial charge in [-0.15, -0.1) is 0 Å². The minimum Gasteiger partial charge on any atom is -0.457 e. The molecule has 2 atom stereocenters. The van der Waals surface area contributed by atoms with Crippen LogP contribution in [0.2, 0.25) is 0 Å². The van der Waals surface area contributed by atoms with Crippen molar-refractivity contribution in [2.24, 2.45) is 0 Å². The van der Waals surface area contributed by atoms with Gasteiger partial charge in [0, 0.05) is 29.3 Å². The van der Waals surface area contributed by atoms with Crippen molar-refractivity contribution in [1.29, 1.82) is 0 Å². The van der Waals surface area contributed by atoms with Gasteiger partial charge >= 0.3 is 5.97 Å². The highest BCUT2D eigenvalue weighted by molar-refractivity contribution is 6.04. The molecule has 1 aliphatic carbocycles. The van der Waals surface area contributed by atoms with Gasteiger partial charge in [-0.3, -0.25) is 4.79 Å². The number of esters is 1. The summed E-state index contributed by atoms with van der Waals surface area (Å²) in [5.41, 5.74) is 7.13. The summed E-state index contributed by atoms with van der Waals surface area (Å²) in [6.07, 6.45) is 2.09. The van der Waals surface area contributed by atoms with Crippen molar-refractivity contribution in [2.45, 2.75) is 51.6 Å². The summed E-state index contributed by atoms with van der Waals surface area (Å²) in [5.74, 6) is -0.631. The maximum absolute atomic E-state index is 13.7. The quantitative estimate of drug-likeness (QED) is 0.420. The maximum Gasteiger partial charge on any atom is 0.337 e. The minimum atomic E-state index is -0.445. The van der Waals surface area contributed by atoms with E-state index < -0.39 is 11.9 Å². The Balaban J connectivity index is 1.51. The summed E-state index contributed by atoms with van der Waals surface area (Å²) >= 11 is 0. The van der Waals surface area contributed by atoms with E-state index in [1.54, 1.807) is 0 Å². The Morgan fingerprint density at radius 2 is 1.53 bits per heavy atom. The van der Waals surface area contributed by atoms with Gasteiger partial charge in [-0.05, 0) is 47.9 Å². The molecule has 1 aliphatic heterocycles. The van der Waals surface area contributed by atoms with Crippen LogP contribution in [0.15, 0.2) is 107 Å². The summed E-state index contributed by atoms with van der Waals surface area (Å²) in [4.78, 5) is 27.2. The number of Topliss-reactive ketones (excluding diaryl/α,β-unsaturated/α-hetero) is 1. The fourth-order valence-electron chi connectivity index (χ4n) is 5.35. The molecule has 0 bridgehead atoms. The molecule has 0 amide bonds. The van der Waals surface area contributed by atoms with Gasteiger partial charge in [-0.25, -0.2) is 4.79 Å². The van der Waals surface area contributed by atoms with Crippen molar-refractivity contribution >= 4 is 11.8 Å². The molecule has 3 aromatic carbocycles. The number of aryl methyl sites for hydroxylation is 1. The highest BCUT2D eigenvalue weighted by Crippen LogP contribution is 2.45. The molecule has 0 saturated carbocycles. The largest absolute Gasteiger partial charge is 0.457 e. The van der Waals surface area contributed by atoms with E-state index in [9.17, 15) is 9.59 Å². The zero-order chi connectivity index (χ0) is 25.1. The van der Waals surface area contributed by atoms with Crippen molar-refractivity contribution in [3.63, 3.8) is 0 Å². The van der Waals surface area contributed by atoms with E-state index >= 15 is 0 Å². The summed E-state index contributed by atoms with van der Waals surface area (Å²) < 4.78 is 5.77. The molecule has 36 heavy (non-hydrogen) atoms. The van der Waals surface area contributed by atoms with Gasteiger partial charge in [0.25, 0.3) is 0 Å². The van der Waals surface area contributed by atoms with Crippen LogP contribution in [-0.2, 0) is 27.4 Å². The Hall–Kier alpha value is -3.92. The van der Waals surface area contributed by atoms with Crippen molar-refractivity contribution in [2.75, 3.05) is 0 Å². The zero-order valence-electron chi connectivity index (χ0n) is 20.8. The topological polar surface area (TPSA) is 55.4 Å². The third-order valence-electron chi connectivity index (χ3n) is 7.25. The molecule has 2 aliphatic rings. The van der Waals surface area contributed by atoms with Gasteiger partial charge < -0.3 is 10.1 Å². The van der Waals surface area contributed by atoms with E-state index in [1.165, 1.54) is 5.56 Å². The number of dihydropyridines is 1. The van der Waals surface area contributed by atoms with Crippen LogP contribution >= 0.6 is 0 Å². The summed E-state index contributed by atoms with van der Waals surface area (Å²) in [7, 11) is 0. The third kappa shape index (κ3) is 4.76.